The number of piperidine rings is 1. The third-order valence-electron chi connectivity index (χ3n) is 4.93. The summed E-state index contributed by atoms with van der Waals surface area (Å²) in [5, 5.41) is 0. The summed E-state index contributed by atoms with van der Waals surface area (Å²) in [5.41, 5.74) is -1.11. The number of hydrogen-bond donors (Lipinski definition) is 0. The van der Waals surface area contributed by atoms with E-state index in [1.807, 2.05) is 0 Å². The number of benzene rings is 1. The molecule has 0 radical (unpaired) electrons. The number of halogens is 4. The van der Waals surface area contributed by atoms with E-state index in [4.69, 9.17) is 0 Å². The van der Waals surface area contributed by atoms with Gasteiger partial charge in [0.15, 0.2) is 0 Å². The average molecular weight is 450 g/mol. The highest BCUT2D eigenvalue weighted by Gasteiger charge is 2.40. The zero-order chi connectivity index (χ0) is 18.9. The maximum atomic E-state index is 13.2. The third-order valence-corrected chi connectivity index (χ3v) is 7.74. The van der Waals surface area contributed by atoms with Crippen LogP contribution in [0.25, 0.3) is 0 Å². The second-order valence-corrected chi connectivity index (χ2v) is 9.34. The lowest BCUT2D eigenvalue weighted by Gasteiger charge is -2.35. The first-order valence-corrected chi connectivity index (χ1v) is 10.6. The molecule has 1 aliphatic carbocycles. The van der Waals surface area contributed by atoms with Gasteiger partial charge in [0.2, 0.25) is 10.0 Å². The van der Waals surface area contributed by atoms with E-state index in [9.17, 15) is 21.6 Å². The summed E-state index contributed by atoms with van der Waals surface area (Å²) in [4.78, 5) is -0.662. The van der Waals surface area contributed by atoms with Crippen LogP contribution in [0, 0.1) is 11.8 Å². The molecule has 0 saturated carbocycles. The predicted octanol–water partition coefficient (Wildman–Crippen LogP) is 4.96. The quantitative estimate of drug-likeness (QED) is 0.611. The monoisotopic (exact) mass is 449 g/mol. The smallest absolute Gasteiger partial charge is 0.207 e. The van der Waals surface area contributed by atoms with E-state index in [0.29, 0.717) is 12.8 Å². The van der Waals surface area contributed by atoms with E-state index in [1.54, 1.807) is 0 Å². The van der Waals surface area contributed by atoms with Crippen molar-refractivity contribution < 1.29 is 21.6 Å². The second kappa shape index (κ2) is 7.48. The molecule has 1 aromatic carbocycles. The second-order valence-electron chi connectivity index (χ2n) is 6.51. The lowest BCUT2D eigenvalue weighted by molar-refractivity contribution is -0.139. The van der Waals surface area contributed by atoms with Gasteiger partial charge in [-0.2, -0.15) is 17.5 Å². The highest BCUT2D eigenvalue weighted by Crippen LogP contribution is 2.39. The number of rotatable bonds is 3. The summed E-state index contributed by atoms with van der Waals surface area (Å²) in [6.07, 6.45) is 3.70. The van der Waals surface area contributed by atoms with Gasteiger partial charge >= 0.3 is 6.18 Å². The Morgan fingerprint density at radius 2 is 1.77 bits per heavy atom. The van der Waals surface area contributed by atoms with Gasteiger partial charge in [-0.15, -0.1) is 0 Å². The van der Waals surface area contributed by atoms with Crippen LogP contribution in [0.3, 0.4) is 0 Å². The molecule has 2 aliphatic rings. The van der Waals surface area contributed by atoms with Crippen LogP contribution in [-0.4, -0.2) is 25.8 Å². The summed E-state index contributed by atoms with van der Waals surface area (Å²) in [6, 6.07) is 4.37. The largest absolute Gasteiger partial charge is 0.417 e. The molecule has 1 fully saturated rings. The van der Waals surface area contributed by atoms with Crippen LogP contribution in [0.4, 0.5) is 13.2 Å². The molecule has 0 spiro atoms. The van der Waals surface area contributed by atoms with Crippen LogP contribution in [0.15, 0.2) is 51.9 Å². The third kappa shape index (κ3) is 3.92. The van der Waals surface area contributed by atoms with E-state index >= 15 is 0 Å². The molecule has 26 heavy (non-hydrogen) atoms. The average Bonchev–Trinajstić information content (AvgIpc) is 2.61. The fourth-order valence-corrected chi connectivity index (χ4v) is 5.95. The van der Waals surface area contributed by atoms with Crippen molar-refractivity contribution in [2.75, 3.05) is 13.1 Å². The minimum Gasteiger partial charge on any atom is -0.207 e. The van der Waals surface area contributed by atoms with Gasteiger partial charge < -0.3 is 0 Å². The molecular formula is C18H19BrF3NO2S. The van der Waals surface area contributed by atoms with Crippen molar-refractivity contribution in [2.24, 2.45) is 11.8 Å². The standard InChI is InChI=1S/C18H19BrF3NO2S/c19-16-7-3-1-5-14(16)13-9-11-23(12-10-13)26(24,25)17-8-4-2-6-15(17)18(20,21)22/h1-2,4-8,13-14H,3,9-12H2. The molecule has 0 bridgehead atoms. The molecule has 8 heteroatoms. The zero-order valence-electron chi connectivity index (χ0n) is 13.9. The topological polar surface area (TPSA) is 37.4 Å². The Labute approximate surface area is 159 Å². The Morgan fingerprint density at radius 3 is 2.38 bits per heavy atom. The van der Waals surface area contributed by atoms with Gasteiger partial charge in [-0.25, -0.2) is 8.42 Å². The fourth-order valence-electron chi connectivity index (χ4n) is 3.56. The van der Waals surface area contributed by atoms with Crippen molar-refractivity contribution in [3.63, 3.8) is 0 Å². The van der Waals surface area contributed by atoms with Gasteiger partial charge in [-0.1, -0.05) is 46.3 Å². The van der Waals surface area contributed by atoms with E-state index in [1.165, 1.54) is 16.4 Å². The minimum atomic E-state index is -4.70. The summed E-state index contributed by atoms with van der Waals surface area (Å²) < 4.78 is 67.4. The Bertz CT molecular complexity index is 825. The highest BCUT2D eigenvalue weighted by molar-refractivity contribution is 9.11. The molecule has 0 amide bonds. The zero-order valence-corrected chi connectivity index (χ0v) is 16.3. The molecule has 0 N–H and O–H groups in total. The van der Waals surface area contributed by atoms with Crippen LogP contribution in [0.5, 0.6) is 0 Å². The van der Waals surface area contributed by atoms with E-state index in [-0.39, 0.29) is 24.9 Å². The lowest BCUT2D eigenvalue weighted by Crippen LogP contribution is -2.40. The molecule has 1 atom stereocenters. The summed E-state index contributed by atoms with van der Waals surface area (Å²) in [5.74, 6) is 0.498. The maximum absolute atomic E-state index is 13.2. The van der Waals surface area contributed by atoms with E-state index in [0.717, 1.165) is 23.0 Å². The van der Waals surface area contributed by atoms with Gasteiger partial charge in [0.05, 0.1) is 10.5 Å². The van der Waals surface area contributed by atoms with Gasteiger partial charge in [0.1, 0.15) is 0 Å². The van der Waals surface area contributed by atoms with Gasteiger partial charge in [-0.3, -0.25) is 0 Å². The Hall–Kier alpha value is -1.12. The first-order valence-electron chi connectivity index (χ1n) is 8.40. The normalized spacial score (nSPS) is 23.1. The van der Waals surface area contributed by atoms with Crippen molar-refractivity contribution in [2.45, 2.75) is 30.3 Å². The van der Waals surface area contributed by atoms with Crippen molar-refractivity contribution >= 4 is 26.0 Å². The minimum absolute atomic E-state index is 0.219. The molecule has 0 aromatic heterocycles. The molecule has 3 rings (SSSR count). The number of hydrogen-bond acceptors (Lipinski definition) is 2. The number of nitrogens with zero attached hydrogens (tertiary/aromatic N) is 1. The Morgan fingerprint density at radius 1 is 1.12 bits per heavy atom. The van der Waals surface area contributed by atoms with Crippen LogP contribution >= 0.6 is 15.9 Å². The Balaban J connectivity index is 1.78. The summed E-state index contributed by atoms with van der Waals surface area (Å²) in [7, 11) is -4.17. The molecular weight excluding hydrogens is 431 g/mol. The van der Waals surface area contributed by atoms with Crippen LogP contribution in [-0.2, 0) is 16.2 Å². The summed E-state index contributed by atoms with van der Waals surface area (Å²) >= 11 is 3.57. The number of sulfonamides is 1. The Kier molecular flexibility index (Phi) is 5.65. The first-order chi connectivity index (χ1) is 12.2. The van der Waals surface area contributed by atoms with Crippen molar-refractivity contribution in [1.29, 1.82) is 0 Å². The van der Waals surface area contributed by atoms with Crippen LogP contribution < -0.4 is 0 Å². The van der Waals surface area contributed by atoms with Crippen LogP contribution in [0.1, 0.15) is 24.8 Å². The maximum Gasteiger partial charge on any atom is 0.417 e. The van der Waals surface area contributed by atoms with E-state index < -0.39 is 26.7 Å². The van der Waals surface area contributed by atoms with Crippen molar-refractivity contribution in [1.82, 2.24) is 4.31 Å². The molecule has 1 aliphatic heterocycles. The lowest BCUT2D eigenvalue weighted by atomic mass is 9.83. The molecule has 1 unspecified atom stereocenters. The number of alkyl halides is 3. The van der Waals surface area contributed by atoms with Crippen molar-refractivity contribution in [3.8, 4) is 0 Å². The summed E-state index contributed by atoms with van der Waals surface area (Å²) in [6.45, 7) is 0.452. The number of allylic oxidation sites excluding steroid dienone is 4. The van der Waals surface area contributed by atoms with Gasteiger partial charge in [0.25, 0.3) is 0 Å². The predicted molar refractivity (Wildman–Crippen MR) is 97.2 cm³/mol. The molecule has 3 nitrogen and oxygen atoms in total. The molecule has 142 valence electrons. The fraction of sp³-hybridized carbons (Fsp3) is 0.444. The molecule has 1 heterocycles. The first kappa shape index (κ1) is 19.6. The van der Waals surface area contributed by atoms with Gasteiger partial charge in [-0.05, 0) is 41.8 Å². The SMILES string of the molecule is O=S(=O)(c1ccccc1C(F)(F)F)N1CCC(C2C=CCC=C2Br)CC1. The molecule has 1 aromatic rings. The van der Waals surface area contributed by atoms with E-state index in [2.05, 4.69) is 34.2 Å². The van der Waals surface area contributed by atoms with Gasteiger partial charge in [0, 0.05) is 19.0 Å². The molecule has 1 saturated heterocycles. The highest BCUT2D eigenvalue weighted by atomic mass is 79.9. The van der Waals surface area contributed by atoms with Crippen molar-refractivity contribution in [3.05, 3.63) is 52.5 Å². The van der Waals surface area contributed by atoms with Crippen LogP contribution in [0.2, 0.25) is 0 Å².